The minimum atomic E-state index is 0.719. The Morgan fingerprint density at radius 1 is 0.833 bits per heavy atom. The van der Waals surface area contributed by atoms with Crippen LogP contribution in [0.2, 0.25) is 0 Å². The van der Waals surface area contributed by atoms with Crippen LogP contribution in [0.25, 0.3) is 10.8 Å². The molecular formula is C26H32N4. The van der Waals surface area contributed by atoms with Gasteiger partial charge >= 0.3 is 0 Å². The highest BCUT2D eigenvalue weighted by atomic mass is 15.3. The second-order valence-electron chi connectivity index (χ2n) is 9.07. The van der Waals surface area contributed by atoms with Gasteiger partial charge in [0.2, 0.25) is 0 Å². The van der Waals surface area contributed by atoms with Crippen molar-refractivity contribution in [1.82, 2.24) is 15.1 Å². The molecule has 0 N–H and O–H groups in total. The van der Waals surface area contributed by atoms with Gasteiger partial charge in [-0.05, 0) is 79.6 Å². The van der Waals surface area contributed by atoms with Gasteiger partial charge in [-0.3, -0.25) is 4.90 Å². The summed E-state index contributed by atoms with van der Waals surface area (Å²) in [6.07, 6.45) is 6.58. The van der Waals surface area contributed by atoms with E-state index in [0.29, 0.717) is 0 Å². The van der Waals surface area contributed by atoms with Crippen LogP contribution in [0.3, 0.4) is 0 Å². The standard InChI is InChI=1S/C26H32N4/c1-20-9-12-26(28-27-20)29-16-13-23(14-17-29)25-8-4-5-15-30(25)19-21-10-11-22-6-2-3-7-24(22)18-21/h2-3,6-7,9-12,18,23,25H,4-5,8,13-17,19H2,1H3. The Bertz CT molecular complexity index is 976. The second kappa shape index (κ2) is 8.73. The molecule has 5 rings (SSSR count). The number of aromatic nitrogens is 2. The van der Waals surface area contributed by atoms with E-state index >= 15 is 0 Å². The number of rotatable bonds is 4. The maximum absolute atomic E-state index is 4.40. The third-order valence-electron chi connectivity index (χ3n) is 7.06. The summed E-state index contributed by atoms with van der Waals surface area (Å²) >= 11 is 0. The zero-order chi connectivity index (χ0) is 20.3. The van der Waals surface area contributed by atoms with Gasteiger partial charge < -0.3 is 4.90 Å². The summed E-state index contributed by atoms with van der Waals surface area (Å²) in [6, 6.07) is 20.6. The predicted molar refractivity (Wildman–Crippen MR) is 124 cm³/mol. The zero-order valence-electron chi connectivity index (χ0n) is 18.0. The average molecular weight is 401 g/mol. The number of benzene rings is 2. The van der Waals surface area contributed by atoms with Crippen molar-refractivity contribution in [3.63, 3.8) is 0 Å². The van der Waals surface area contributed by atoms with Crippen molar-refractivity contribution in [2.45, 2.75) is 51.6 Å². The van der Waals surface area contributed by atoms with Crippen molar-refractivity contribution in [3.8, 4) is 0 Å². The second-order valence-corrected chi connectivity index (χ2v) is 9.07. The van der Waals surface area contributed by atoms with Gasteiger partial charge in [0.05, 0.1) is 5.69 Å². The molecule has 2 aromatic carbocycles. The Labute approximate surface area is 179 Å². The van der Waals surface area contributed by atoms with Crippen molar-refractivity contribution < 1.29 is 0 Å². The number of hydrogen-bond donors (Lipinski definition) is 0. The van der Waals surface area contributed by atoms with Crippen LogP contribution >= 0.6 is 0 Å². The summed E-state index contributed by atoms with van der Waals surface area (Å²) in [5, 5.41) is 11.3. The summed E-state index contributed by atoms with van der Waals surface area (Å²) < 4.78 is 0. The molecule has 0 amide bonds. The summed E-state index contributed by atoms with van der Waals surface area (Å²) in [4.78, 5) is 5.19. The largest absolute Gasteiger partial charge is 0.355 e. The van der Waals surface area contributed by atoms with E-state index in [1.807, 2.05) is 6.92 Å². The molecule has 0 saturated carbocycles. The summed E-state index contributed by atoms with van der Waals surface area (Å²) in [5.74, 6) is 1.83. The van der Waals surface area contributed by atoms with E-state index in [0.717, 1.165) is 43.1 Å². The molecule has 1 atom stereocenters. The molecule has 3 heterocycles. The van der Waals surface area contributed by atoms with Crippen molar-refractivity contribution in [3.05, 3.63) is 65.9 Å². The Morgan fingerprint density at radius 2 is 1.67 bits per heavy atom. The molecule has 1 unspecified atom stereocenters. The van der Waals surface area contributed by atoms with Crippen molar-refractivity contribution in [1.29, 1.82) is 0 Å². The number of likely N-dealkylation sites (tertiary alicyclic amines) is 1. The molecule has 2 fully saturated rings. The molecule has 0 spiro atoms. The van der Waals surface area contributed by atoms with Gasteiger partial charge in [-0.15, -0.1) is 5.10 Å². The Kier molecular flexibility index (Phi) is 5.67. The number of aryl methyl sites for hydroxylation is 1. The first-order chi connectivity index (χ1) is 14.8. The smallest absolute Gasteiger partial charge is 0.151 e. The lowest BCUT2D eigenvalue weighted by Gasteiger charge is -2.44. The predicted octanol–water partition coefficient (Wildman–Crippen LogP) is 5.21. The Hall–Kier alpha value is -2.46. The molecular weight excluding hydrogens is 368 g/mol. The minimum Gasteiger partial charge on any atom is -0.355 e. The maximum Gasteiger partial charge on any atom is 0.151 e. The molecule has 3 aromatic rings. The maximum atomic E-state index is 4.40. The van der Waals surface area contributed by atoms with Crippen molar-refractivity contribution >= 4 is 16.6 Å². The molecule has 2 aliphatic heterocycles. The number of hydrogen-bond acceptors (Lipinski definition) is 4. The Balaban J connectivity index is 1.25. The van der Waals surface area contributed by atoms with Gasteiger partial charge in [-0.2, -0.15) is 5.10 Å². The molecule has 4 nitrogen and oxygen atoms in total. The van der Waals surface area contributed by atoms with Crippen LogP contribution < -0.4 is 4.90 Å². The highest BCUT2D eigenvalue weighted by molar-refractivity contribution is 5.82. The van der Waals surface area contributed by atoms with Gasteiger partial charge in [0.15, 0.2) is 5.82 Å². The molecule has 1 aromatic heterocycles. The molecule has 2 saturated heterocycles. The van der Waals surface area contributed by atoms with E-state index in [2.05, 4.69) is 74.6 Å². The fraction of sp³-hybridized carbons (Fsp3) is 0.462. The molecule has 0 bridgehead atoms. The monoisotopic (exact) mass is 400 g/mol. The van der Waals surface area contributed by atoms with Crippen molar-refractivity contribution in [2.24, 2.45) is 5.92 Å². The molecule has 2 aliphatic rings. The van der Waals surface area contributed by atoms with Crippen LogP contribution in [0.1, 0.15) is 43.4 Å². The van der Waals surface area contributed by atoms with Crippen molar-refractivity contribution in [2.75, 3.05) is 24.5 Å². The molecule has 30 heavy (non-hydrogen) atoms. The lowest BCUT2D eigenvalue weighted by atomic mass is 9.83. The van der Waals surface area contributed by atoms with Crippen LogP contribution in [0.5, 0.6) is 0 Å². The molecule has 4 heteroatoms. The van der Waals surface area contributed by atoms with Crippen LogP contribution in [0.4, 0.5) is 5.82 Å². The quantitative estimate of drug-likeness (QED) is 0.602. The summed E-state index contributed by atoms with van der Waals surface area (Å²) in [6.45, 7) is 6.52. The topological polar surface area (TPSA) is 32.3 Å². The van der Waals surface area contributed by atoms with Gasteiger partial charge in [-0.25, -0.2) is 0 Å². The van der Waals surface area contributed by atoms with E-state index in [1.54, 1.807) is 0 Å². The zero-order valence-corrected chi connectivity index (χ0v) is 18.0. The van der Waals surface area contributed by atoms with E-state index in [4.69, 9.17) is 0 Å². The first-order valence-electron chi connectivity index (χ1n) is 11.5. The van der Waals surface area contributed by atoms with E-state index in [1.165, 1.54) is 55.0 Å². The SMILES string of the molecule is Cc1ccc(N2CCC(C3CCCCN3Cc3ccc4ccccc4c3)CC2)nn1. The first kappa shape index (κ1) is 19.5. The van der Waals surface area contributed by atoms with E-state index < -0.39 is 0 Å². The first-order valence-corrected chi connectivity index (χ1v) is 11.5. The lowest BCUT2D eigenvalue weighted by molar-refractivity contribution is 0.0806. The Morgan fingerprint density at radius 3 is 2.47 bits per heavy atom. The summed E-state index contributed by atoms with van der Waals surface area (Å²) in [5.41, 5.74) is 2.44. The fourth-order valence-electron chi connectivity index (χ4n) is 5.39. The average Bonchev–Trinajstić information content (AvgIpc) is 2.80. The third-order valence-corrected chi connectivity index (χ3v) is 7.06. The number of nitrogens with zero attached hydrogens (tertiary/aromatic N) is 4. The molecule has 0 radical (unpaired) electrons. The normalized spacial score (nSPS) is 21.2. The fourth-order valence-corrected chi connectivity index (χ4v) is 5.39. The van der Waals surface area contributed by atoms with Gasteiger partial charge in [0.1, 0.15) is 0 Å². The van der Waals surface area contributed by atoms with Crippen LogP contribution in [-0.4, -0.2) is 40.8 Å². The van der Waals surface area contributed by atoms with Crippen LogP contribution in [0, 0.1) is 12.8 Å². The lowest BCUT2D eigenvalue weighted by Crippen LogP contribution is -2.47. The van der Waals surface area contributed by atoms with Crippen LogP contribution in [-0.2, 0) is 6.54 Å². The third kappa shape index (κ3) is 4.20. The highest BCUT2D eigenvalue weighted by Gasteiger charge is 2.32. The van der Waals surface area contributed by atoms with E-state index in [-0.39, 0.29) is 0 Å². The number of fused-ring (bicyclic) bond motifs is 1. The molecule has 0 aliphatic carbocycles. The minimum absolute atomic E-state index is 0.719. The molecule has 156 valence electrons. The van der Waals surface area contributed by atoms with E-state index in [9.17, 15) is 0 Å². The van der Waals surface area contributed by atoms with Crippen LogP contribution in [0.15, 0.2) is 54.6 Å². The van der Waals surface area contributed by atoms with Gasteiger partial charge in [0, 0.05) is 25.7 Å². The highest BCUT2D eigenvalue weighted by Crippen LogP contribution is 2.32. The summed E-state index contributed by atoms with van der Waals surface area (Å²) in [7, 11) is 0. The number of piperidine rings is 2. The number of anilines is 1. The van der Waals surface area contributed by atoms with Gasteiger partial charge in [-0.1, -0.05) is 42.8 Å². The van der Waals surface area contributed by atoms with Gasteiger partial charge in [0.25, 0.3) is 0 Å².